The first-order chi connectivity index (χ1) is 13.2. The highest BCUT2D eigenvalue weighted by molar-refractivity contribution is 6.39. The van der Waals surface area contributed by atoms with Gasteiger partial charge in [-0.2, -0.15) is 0 Å². The van der Waals surface area contributed by atoms with Crippen molar-refractivity contribution in [1.29, 1.82) is 0 Å². The third kappa shape index (κ3) is 4.11. The molecule has 1 saturated heterocycles. The Kier molecular flexibility index (Phi) is 5.31. The average molecular weight is 378 g/mol. The number of urea groups is 1. The number of benzene rings is 2. The van der Waals surface area contributed by atoms with Crippen molar-refractivity contribution in [2.45, 2.75) is 33.8 Å². The van der Waals surface area contributed by atoms with Gasteiger partial charge in [0, 0.05) is 0 Å². The number of rotatable bonds is 4. The smallest absolute Gasteiger partial charge is 0.335 e. The van der Waals surface area contributed by atoms with Crippen molar-refractivity contribution in [2.75, 3.05) is 4.90 Å². The number of carbonyl (C=O) groups is 3. The number of barbiturate groups is 1. The van der Waals surface area contributed by atoms with E-state index in [1.165, 1.54) is 6.08 Å². The van der Waals surface area contributed by atoms with Gasteiger partial charge in [-0.05, 0) is 74.7 Å². The summed E-state index contributed by atoms with van der Waals surface area (Å²) in [6, 6.07) is 11.7. The lowest BCUT2D eigenvalue weighted by Crippen LogP contribution is -2.54. The number of nitrogens with one attached hydrogen (secondary N) is 1. The zero-order valence-corrected chi connectivity index (χ0v) is 16.3. The van der Waals surface area contributed by atoms with Crippen LogP contribution in [0.15, 0.2) is 48.0 Å². The molecule has 0 aromatic heterocycles. The second-order valence-corrected chi connectivity index (χ2v) is 7.04. The van der Waals surface area contributed by atoms with Crippen molar-refractivity contribution >= 4 is 29.6 Å². The number of ether oxygens (including phenoxy) is 1. The fraction of sp³-hybridized carbons (Fsp3) is 0.227. The molecule has 1 aliphatic heterocycles. The van der Waals surface area contributed by atoms with Gasteiger partial charge in [-0.1, -0.05) is 18.2 Å². The zero-order valence-electron chi connectivity index (χ0n) is 16.3. The second kappa shape index (κ2) is 7.68. The Balaban J connectivity index is 1.94. The summed E-state index contributed by atoms with van der Waals surface area (Å²) >= 11 is 0. The fourth-order valence-electron chi connectivity index (χ4n) is 3.05. The normalized spacial score (nSPS) is 16.0. The van der Waals surface area contributed by atoms with Crippen LogP contribution >= 0.6 is 0 Å². The minimum Gasteiger partial charge on any atom is -0.491 e. The number of anilines is 1. The molecule has 2 aromatic carbocycles. The van der Waals surface area contributed by atoms with Crippen LogP contribution in [0, 0.1) is 13.8 Å². The predicted molar refractivity (Wildman–Crippen MR) is 107 cm³/mol. The van der Waals surface area contributed by atoms with E-state index in [0.29, 0.717) is 17.0 Å². The molecule has 4 amide bonds. The summed E-state index contributed by atoms with van der Waals surface area (Å²) in [5.74, 6) is -0.664. The molecule has 6 heteroatoms. The quantitative estimate of drug-likeness (QED) is 0.649. The summed E-state index contributed by atoms with van der Waals surface area (Å²) < 4.78 is 5.59. The molecule has 1 aliphatic rings. The molecule has 6 nitrogen and oxygen atoms in total. The fourth-order valence-corrected chi connectivity index (χ4v) is 3.05. The molecule has 1 heterocycles. The highest BCUT2D eigenvalue weighted by Crippen LogP contribution is 2.24. The number of hydrogen-bond acceptors (Lipinski definition) is 4. The zero-order chi connectivity index (χ0) is 20.4. The molecule has 0 spiro atoms. The Morgan fingerprint density at radius 2 is 1.57 bits per heavy atom. The van der Waals surface area contributed by atoms with Crippen LogP contribution in [0.25, 0.3) is 6.08 Å². The van der Waals surface area contributed by atoms with E-state index in [1.54, 1.807) is 36.4 Å². The first-order valence-corrected chi connectivity index (χ1v) is 9.01. The van der Waals surface area contributed by atoms with Crippen LogP contribution in [0.2, 0.25) is 0 Å². The molecule has 0 saturated carbocycles. The summed E-state index contributed by atoms with van der Waals surface area (Å²) in [4.78, 5) is 38.5. The highest BCUT2D eigenvalue weighted by atomic mass is 16.5. The lowest BCUT2D eigenvalue weighted by atomic mass is 10.1. The number of nitrogens with zero attached hydrogens (tertiary/aromatic N) is 1. The maximum absolute atomic E-state index is 12.9. The molecule has 2 aromatic rings. The molecule has 144 valence electrons. The van der Waals surface area contributed by atoms with Gasteiger partial charge in [0.1, 0.15) is 11.3 Å². The van der Waals surface area contributed by atoms with Crippen molar-refractivity contribution in [3.05, 3.63) is 64.7 Å². The third-order valence-electron chi connectivity index (χ3n) is 4.13. The summed E-state index contributed by atoms with van der Waals surface area (Å²) in [6.45, 7) is 7.62. The topological polar surface area (TPSA) is 75.7 Å². The maximum atomic E-state index is 12.9. The molecular weight excluding hydrogens is 356 g/mol. The van der Waals surface area contributed by atoms with Gasteiger partial charge < -0.3 is 4.74 Å². The summed E-state index contributed by atoms with van der Waals surface area (Å²) in [7, 11) is 0. The Morgan fingerprint density at radius 3 is 2.14 bits per heavy atom. The number of aryl methyl sites for hydroxylation is 2. The Bertz CT molecular complexity index is 954. The van der Waals surface area contributed by atoms with Crippen LogP contribution in [0.4, 0.5) is 10.5 Å². The van der Waals surface area contributed by atoms with Crippen molar-refractivity contribution < 1.29 is 19.1 Å². The van der Waals surface area contributed by atoms with E-state index in [0.717, 1.165) is 16.0 Å². The van der Waals surface area contributed by atoms with Crippen molar-refractivity contribution in [1.82, 2.24) is 5.32 Å². The van der Waals surface area contributed by atoms with E-state index in [-0.39, 0.29) is 11.7 Å². The molecule has 0 atom stereocenters. The highest BCUT2D eigenvalue weighted by Gasteiger charge is 2.36. The van der Waals surface area contributed by atoms with Crippen LogP contribution in [0.3, 0.4) is 0 Å². The SMILES string of the molecule is Cc1cc(C)cc(N2C(=O)NC(=O)/C(=C\c3ccc(OC(C)C)cc3)C2=O)c1. The third-order valence-corrected chi connectivity index (χ3v) is 4.13. The maximum Gasteiger partial charge on any atom is 0.335 e. The van der Waals surface area contributed by atoms with Gasteiger partial charge in [-0.3, -0.25) is 14.9 Å². The van der Waals surface area contributed by atoms with Crippen LogP contribution in [0.1, 0.15) is 30.5 Å². The van der Waals surface area contributed by atoms with E-state index in [2.05, 4.69) is 5.32 Å². The van der Waals surface area contributed by atoms with Gasteiger partial charge >= 0.3 is 6.03 Å². The van der Waals surface area contributed by atoms with E-state index < -0.39 is 17.8 Å². The minimum absolute atomic E-state index is 0.0484. The van der Waals surface area contributed by atoms with Crippen molar-refractivity contribution in [2.24, 2.45) is 0 Å². The molecule has 0 radical (unpaired) electrons. The van der Waals surface area contributed by atoms with Crippen LogP contribution in [-0.2, 0) is 9.59 Å². The number of carbonyl (C=O) groups excluding carboxylic acids is 3. The van der Waals surface area contributed by atoms with E-state index >= 15 is 0 Å². The predicted octanol–water partition coefficient (Wildman–Crippen LogP) is 3.76. The standard InChI is InChI=1S/C22H22N2O4/c1-13(2)28-18-7-5-16(6-8-18)12-19-20(25)23-22(27)24(21(19)26)17-10-14(3)9-15(4)11-17/h5-13H,1-4H3,(H,23,25,27)/b19-12+. The van der Waals surface area contributed by atoms with Gasteiger partial charge in [-0.25, -0.2) is 9.69 Å². The van der Waals surface area contributed by atoms with Crippen LogP contribution < -0.4 is 15.0 Å². The summed E-state index contributed by atoms with van der Waals surface area (Å²) in [5.41, 5.74) is 2.82. The van der Waals surface area contributed by atoms with Crippen molar-refractivity contribution in [3.63, 3.8) is 0 Å². The molecule has 0 aliphatic carbocycles. The molecule has 3 rings (SSSR count). The number of imide groups is 2. The molecule has 0 bridgehead atoms. The van der Waals surface area contributed by atoms with Crippen molar-refractivity contribution in [3.8, 4) is 5.75 Å². The second-order valence-electron chi connectivity index (χ2n) is 7.04. The Labute approximate surface area is 163 Å². The first kappa shape index (κ1) is 19.4. The van der Waals surface area contributed by atoms with Gasteiger partial charge in [0.25, 0.3) is 11.8 Å². The molecule has 1 fully saturated rings. The van der Waals surface area contributed by atoms with Crippen LogP contribution in [0.5, 0.6) is 5.75 Å². The lowest BCUT2D eigenvalue weighted by Gasteiger charge is -2.27. The lowest BCUT2D eigenvalue weighted by molar-refractivity contribution is -0.122. The summed E-state index contributed by atoms with van der Waals surface area (Å²) in [6.07, 6.45) is 1.52. The molecule has 1 N–H and O–H groups in total. The van der Waals surface area contributed by atoms with Gasteiger partial charge in [0.05, 0.1) is 11.8 Å². The van der Waals surface area contributed by atoms with Crippen LogP contribution in [-0.4, -0.2) is 23.9 Å². The van der Waals surface area contributed by atoms with E-state index in [1.807, 2.05) is 33.8 Å². The van der Waals surface area contributed by atoms with Gasteiger partial charge in [0.15, 0.2) is 0 Å². The minimum atomic E-state index is -0.752. The molecule has 28 heavy (non-hydrogen) atoms. The Hall–Kier alpha value is -3.41. The average Bonchev–Trinajstić information content (AvgIpc) is 2.58. The Morgan fingerprint density at radius 1 is 0.964 bits per heavy atom. The van der Waals surface area contributed by atoms with Gasteiger partial charge in [-0.15, -0.1) is 0 Å². The number of amides is 4. The summed E-state index contributed by atoms with van der Waals surface area (Å²) in [5, 5.41) is 2.24. The van der Waals surface area contributed by atoms with E-state index in [9.17, 15) is 14.4 Å². The van der Waals surface area contributed by atoms with Gasteiger partial charge in [0.2, 0.25) is 0 Å². The van der Waals surface area contributed by atoms with E-state index in [4.69, 9.17) is 4.74 Å². The molecule has 0 unspecified atom stereocenters. The largest absolute Gasteiger partial charge is 0.491 e. The molecular formula is C22H22N2O4. The number of hydrogen-bond donors (Lipinski definition) is 1. The first-order valence-electron chi connectivity index (χ1n) is 9.01. The monoisotopic (exact) mass is 378 g/mol.